The molecule has 1 aromatic carbocycles. The van der Waals surface area contributed by atoms with Gasteiger partial charge in [-0.2, -0.15) is 0 Å². The summed E-state index contributed by atoms with van der Waals surface area (Å²) in [6, 6.07) is 7.72. The molecule has 1 saturated carbocycles. The van der Waals surface area contributed by atoms with Crippen LogP contribution in [0.15, 0.2) is 18.2 Å². The molecular weight excluding hydrogens is 220 g/mol. The van der Waals surface area contributed by atoms with E-state index >= 15 is 0 Å². The summed E-state index contributed by atoms with van der Waals surface area (Å²) in [5.74, 6) is 0.929. The monoisotopic (exact) mass is 244 g/mol. The van der Waals surface area contributed by atoms with Crippen LogP contribution in [0.5, 0.6) is 0 Å². The van der Waals surface area contributed by atoms with Crippen molar-refractivity contribution in [1.82, 2.24) is 5.32 Å². The molecule has 0 heterocycles. The van der Waals surface area contributed by atoms with Gasteiger partial charge in [-0.1, -0.05) is 13.0 Å². The first-order chi connectivity index (χ1) is 8.72. The molecule has 0 radical (unpaired) electrons. The van der Waals surface area contributed by atoms with E-state index in [9.17, 15) is 0 Å². The number of benzene rings is 1. The second-order valence-electron chi connectivity index (χ2n) is 6.17. The van der Waals surface area contributed by atoms with Crippen LogP contribution in [0.1, 0.15) is 56.2 Å². The van der Waals surface area contributed by atoms with Gasteiger partial charge in [-0.25, -0.2) is 0 Å². The Morgan fingerprint density at radius 1 is 1.11 bits per heavy atom. The van der Waals surface area contributed by atoms with E-state index in [2.05, 4.69) is 24.4 Å². The van der Waals surface area contributed by atoms with Crippen molar-refractivity contribution in [3.05, 3.63) is 29.3 Å². The standard InChI is InChI=1S/C16H24N2/c1-11-2-6-14(7-3-11)18-16-9-4-12-10-13(17)5-8-15(12)16/h5,8,10-11,14,16,18H,2-4,6-7,9,17H2,1H3. The van der Waals surface area contributed by atoms with Crippen LogP contribution in [0.4, 0.5) is 5.69 Å². The van der Waals surface area contributed by atoms with E-state index in [0.717, 1.165) is 17.6 Å². The molecule has 3 N–H and O–H groups in total. The van der Waals surface area contributed by atoms with Crippen molar-refractivity contribution in [3.63, 3.8) is 0 Å². The zero-order valence-corrected chi connectivity index (χ0v) is 11.3. The lowest BCUT2D eigenvalue weighted by molar-refractivity contribution is 0.286. The summed E-state index contributed by atoms with van der Waals surface area (Å²) in [6.07, 6.45) is 7.90. The van der Waals surface area contributed by atoms with Crippen LogP contribution in [0, 0.1) is 5.92 Å². The minimum absolute atomic E-state index is 0.569. The molecule has 3 rings (SSSR count). The predicted molar refractivity (Wildman–Crippen MR) is 76.5 cm³/mol. The summed E-state index contributed by atoms with van der Waals surface area (Å²) in [7, 11) is 0. The molecule has 0 aliphatic heterocycles. The van der Waals surface area contributed by atoms with Gasteiger partial charge in [-0.3, -0.25) is 0 Å². The van der Waals surface area contributed by atoms with E-state index in [4.69, 9.17) is 5.73 Å². The molecule has 2 aliphatic carbocycles. The Kier molecular flexibility index (Phi) is 3.29. The Hall–Kier alpha value is -1.02. The van der Waals surface area contributed by atoms with Crippen molar-refractivity contribution in [2.24, 2.45) is 5.92 Å². The predicted octanol–water partition coefficient (Wildman–Crippen LogP) is 3.42. The van der Waals surface area contributed by atoms with Crippen LogP contribution in [0.25, 0.3) is 0 Å². The van der Waals surface area contributed by atoms with Gasteiger partial charge in [0.05, 0.1) is 0 Å². The molecular formula is C16H24N2. The fraction of sp³-hybridized carbons (Fsp3) is 0.625. The third-order valence-electron chi connectivity index (χ3n) is 4.70. The van der Waals surface area contributed by atoms with Gasteiger partial charge in [0.1, 0.15) is 0 Å². The first-order valence-electron chi connectivity index (χ1n) is 7.36. The quantitative estimate of drug-likeness (QED) is 0.782. The van der Waals surface area contributed by atoms with Crippen LogP contribution in [0.3, 0.4) is 0 Å². The molecule has 0 amide bonds. The maximum Gasteiger partial charge on any atom is 0.0328 e. The summed E-state index contributed by atoms with van der Waals surface area (Å²) in [5.41, 5.74) is 9.70. The van der Waals surface area contributed by atoms with Crippen molar-refractivity contribution in [2.45, 2.75) is 57.5 Å². The Labute approximate surface area is 110 Å². The summed E-state index contributed by atoms with van der Waals surface area (Å²) in [6.45, 7) is 2.38. The minimum Gasteiger partial charge on any atom is -0.399 e. The molecule has 0 aromatic heterocycles. The molecule has 0 spiro atoms. The van der Waals surface area contributed by atoms with E-state index < -0.39 is 0 Å². The van der Waals surface area contributed by atoms with Gasteiger partial charge in [0, 0.05) is 17.8 Å². The lowest BCUT2D eigenvalue weighted by atomic mass is 9.87. The number of anilines is 1. The summed E-state index contributed by atoms with van der Waals surface area (Å²) in [4.78, 5) is 0. The highest BCUT2D eigenvalue weighted by molar-refractivity contribution is 5.47. The van der Waals surface area contributed by atoms with Crippen LogP contribution >= 0.6 is 0 Å². The van der Waals surface area contributed by atoms with E-state index in [0.29, 0.717) is 6.04 Å². The maximum absolute atomic E-state index is 5.86. The molecule has 2 aliphatic rings. The average molecular weight is 244 g/mol. The van der Waals surface area contributed by atoms with Crippen molar-refractivity contribution < 1.29 is 0 Å². The molecule has 18 heavy (non-hydrogen) atoms. The maximum atomic E-state index is 5.86. The fourth-order valence-corrected chi connectivity index (χ4v) is 3.52. The van der Waals surface area contributed by atoms with Gasteiger partial charge in [0.25, 0.3) is 0 Å². The summed E-state index contributed by atoms with van der Waals surface area (Å²) < 4.78 is 0. The lowest BCUT2D eigenvalue weighted by Crippen LogP contribution is -2.34. The number of hydrogen-bond acceptors (Lipinski definition) is 2. The number of aryl methyl sites for hydroxylation is 1. The fourth-order valence-electron chi connectivity index (χ4n) is 3.52. The van der Waals surface area contributed by atoms with E-state index in [1.54, 1.807) is 0 Å². The van der Waals surface area contributed by atoms with Crippen molar-refractivity contribution >= 4 is 5.69 Å². The average Bonchev–Trinajstić information content (AvgIpc) is 2.74. The van der Waals surface area contributed by atoms with Gasteiger partial charge in [0.15, 0.2) is 0 Å². The first-order valence-corrected chi connectivity index (χ1v) is 7.36. The normalized spacial score (nSPS) is 31.3. The van der Waals surface area contributed by atoms with Crippen LogP contribution in [-0.4, -0.2) is 6.04 Å². The number of nitrogens with one attached hydrogen (secondary N) is 1. The number of nitrogens with two attached hydrogens (primary N) is 1. The molecule has 1 aromatic rings. The molecule has 1 unspecified atom stereocenters. The van der Waals surface area contributed by atoms with Gasteiger partial charge < -0.3 is 11.1 Å². The topological polar surface area (TPSA) is 38.0 Å². The molecule has 1 atom stereocenters. The van der Waals surface area contributed by atoms with E-state index in [1.807, 2.05) is 6.07 Å². The number of nitrogen functional groups attached to an aromatic ring is 1. The van der Waals surface area contributed by atoms with Crippen LogP contribution < -0.4 is 11.1 Å². The minimum atomic E-state index is 0.569. The third kappa shape index (κ3) is 2.39. The highest BCUT2D eigenvalue weighted by atomic mass is 15.0. The van der Waals surface area contributed by atoms with Gasteiger partial charge in [-0.05, 0) is 67.7 Å². The lowest BCUT2D eigenvalue weighted by Gasteiger charge is -2.30. The second kappa shape index (κ2) is 4.93. The van der Waals surface area contributed by atoms with Crippen molar-refractivity contribution in [1.29, 1.82) is 0 Å². The summed E-state index contributed by atoms with van der Waals surface area (Å²) >= 11 is 0. The van der Waals surface area contributed by atoms with Gasteiger partial charge in [-0.15, -0.1) is 0 Å². The largest absolute Gasteiger partial charge is 0.399 e. The van der Waals surface area contributed by atoms with Crippen LogP contribution in [0.2, 0.25) is 0 Å². The molecule has 2 heteroatoms. The van der Waals surface area contributed by atoms with Crippen LogP contribution in [-0.2, 0) is 6.42 Å². The Morgan fingerprint density at radius 3 is 2.67 bits per heavy atom. The SMILES string of the molecule is CC1CCC(NC2CCc3cc(N)ccc32)CC1. The van der Waals surface area contributed by atoms with Crippen molar-refractivity contribution in [2.75, 3.05) is 5.73 Å². The molecule has 0 bridgehead atoms. The second-order valence-corrected chi connectivity index (χ2v) is 6.17. The smallest absolute Gasteiger partial charge is 0.0328 e. The molecule has 0 saturated heterocycles. The Balaban J connectivity index is 1.66. The number of rotatable bonds is 2. The van der Waals surface area contributed by atoms with Gasteiger partial charge in [0.2, 0.25) is 0 Å². The van der Waals surface area contributed by atoms with Gasteiger partial charge >= 0.3 is 0 Å². The zero-order valence-electron chi connectivity index (χ0n) is 11.3. The number of hydrogen-bond donors (Lipinski definition) is 2. The van der Waals surface area contributed by atoms with E-state index in [-0.39, 0.29) is 0 Å². The third-order valence-corrected chi connectivity index (χ3v) is 4.70. The molecule has 98 valence electrons. The zero-order chi connectivity index (χ0) is 12.5. The molecule has 1 fully saturated rings. The first kappa shape index (κ1) is 12.0. The summed E-state index contributed by atoms with van der Waals surface area (Å²) in [5, 5.41) is 3.87. The van der Waals surface area contributed by atoms with Crippen molar-refractivity contribution in [3.8, 4) is 0 Å². The number of fused-ring (bicyclic) bond motifs is 1. The molecule has 2 nitrogen and oxygen atoms in total. The Morgan fingerprint density at radius 2 is 1.89 bits per heavy atom. The highest BCUT2D eigenvalue weighted by Gasteiger charge is 2.26. The Bertz CT molecular complexity index is 419. The highest BCUT2D eigenvalue weighted by Crippen LogP contribution is 2.34. The van der Waals surface area contributed by atoms with E-state index in [1.165, 1.54) is 49.7 Å².